The topological polar surface area (TPSA) is 49.8 Å². The maximum Gasteiger partial charge on any atom is 0.409 e. The van der Waals surface area contributed by atoms with Crippen LogP contribution < -0.4 is 0 Å². The quantitative estimate of drug-likeness (QED) is 0.499. The van der Waals surface area contributed by atoms with Crippen LogP contribution in [0.25, 0.3) is 0 Å². The summed E-state index contributed by atoms with van der Waals surface area (Å²) in [7, 11) is 1.67. The van der Waals surface area contributed by atoms with Gasteiger partial charge in [-0.15, -0.1) is 6.58 Å². The third kappa shape index (κ3) is 6.16. The summed E-state index contributed by atoms with van der Waals surface area (Å²) in [6.07, 6.45) is 3.19. The smallest absolute Gasteiger partial charge is 0.409 e. The summed E-state index contributed by atoms with van der Waals surface area (Å²) < 4.78 is 4.69. The van der Waals surface area contributed by atoms with Crippen molar-refractivity contribution in [3.63, 3.8) is 0 Å². The summed E-state index contributed by atoms with van der Waals surface area (Å²) in [5.74, 6) is 0. The zero-order chi connectivity index (χ0) is 10.1. The molecule has 4 nitrogen and oxygen atoms in total. The average molecular weight is 187 g/mol. The van der Waals surface area contributed by atoms with Crippen molar-refractivity contribution < 1.29 is 14.6 Å². The minimum Gasteiger partial charge on any atom is -0.447 e. The van der Waals surface area contributed by atoms with Gasteiger partial charge in [-0.1, -0.05) is 6.08 Å². The molecule has 0 radical (unpaired) electrons. The second-order valence-electron chi connectivity index (χ2n) is 2.69. The Balaban J connectivity index is 3.50. The van der Waals surface area contributed by atoms with Gasteiger partial charge < -0.3 is 14.7 Å². The highest BCUT2D eigenvalue weighted by Gasteiger charge is 2.07. The van der Waals surface area contributed by atoms with Gasteiger partial charge in [0.25, 0.3) is 0 Å². The molecule has 13 heavy (non-hydrogen) atoms. The number of unbranched alkanes of at least 4 members (excludes halogenated alkanes) is 1. The van der Waals surface area contributed by atoms with E-state index >= 15 is 0 Å². The lowest BCUT2D eigenvalue weighted by Gasteiger charge is -2.15. The Morgan fingerprint density at radius 2 is 2.38 bits per heavy atom. The zero-order valence-electron chi connectivity index (χ0n) is 8.03. The largest absolute Gasteiger partial charge is 0.447 e. The molecular formula is C9H17NO3. The van der Waals surface area contributed by atoms with Gasteiger partial charge in [0.05, 0.1) is 6.61 Å². The number of nitrogens with zero attached hydrogens (tertiary/aromatic N) is 1. The molecule has 0 atom stereocenters. The zero-order valence-corrected chi connectivity index (χ0v) is 8.03. The first-order valence-electron chi connectivity index (χ1n) is 4.32. The van der Waals surface area contributed by atoms with Crippen LogP contribution in [0.1, 0.15) is 12.8 Å². The monoisotopic (exact) mass is 187 g/mol. The molecule has 0 unspecified atom stereocenters. The van der Waals surface area contributed by atoms with Crippen molar-refractivity contribution in [2.45, 2.75) is 12.8 Å². The lowest BCUT2D eigenvalue weighted by atomic mass is 10.3. The molecule has 0 bridgehead atoms. The number of aliphatic hydroxyl groups excluding tert-OH is 1. The predicted molar refractivity (Wildman–Crippen MR) is 50.5 cm³/mol. The SMILES string of the molecule is C=CCCCN(C)C(=O)OCCO. The Bertz CT molecular complexity index is 159. The Kier molecular flexibility index (Phi) is 7.01. The van der Waals surface area contributed by atoms with E-state index in [1.165, 1.54) is 4.90 Å². The standard InChI is InChI=1S/C9H17NO3/c1-3-4-5-6-10(2)9(12)13-8-7-11/h3,11H,1,4-8H2,2H3. The molecule has 0 aliphatic carbocycles. The molecule has 0 saturated heterocycles. The van der Waals surface area contributed by atoms with Gasteiger partial charge in [0.15, 0.2) is 0 Å². The number of allylic oxidation sites excluding steroid dienone is 1. The van der Waals surface area contributed by atoms with Gasteiger partial charge in [-0.2, -0.15) is 0 Å². The molecule has 0 aromatic rings. The van der Waals surface area contributed by atoms with E-state index in [9.17, 15) is 4.79 Å². The van der Waals surface area contributed by atoms with Crippen molar-refractivity contribution in [2.75, 3.05) is 26.8 Å². The number of ether oxygens (including phenoxy) is 1. The molecule has 0 aromatic heterocycles. The summed E-state index contributed by atoms with van der Waals surface area (Å²) in [6, 6.07) is 0. The third-order valence-electron chi connectivity index (χ3n) is 1.53. The fourth-order valence-electron chi connectivity index (χ4n) is 0.807. The molecule has 76 valence electrons. The fraction of sp³-hybridized carbons (Fsp3) is 0.667. The summed E-state index contributed by atoms with van der Waals surface area (Å²) in [5.41, 5.74) is 0. The number of amides is 1. The van der Waals surface area contributed by atoms with E-state index in [0.717, 1.165) is 12.8 Å². The second kappa shape index (κ2) is 7.61. The number of hydrogen-bond donors (Lipinski definition) is 1. The summed E-state index contributed by atoms with van der Waals surface area (Å²) in [4.78, 5) is 12.5. The Morgan fingerprint density at radius 1 is 1.69 bits per heavy atom. The molecule has 0 rings (SSSR count). The predicted octanol–water partition coefficient (Wildman–Crippen LogP) is 1.01. The van der Waals surface area contributed by atoms with E-state index in [0.29, 0.717) is 6.54 Å². The minimum atomic E-state index is -0.391. The van der Waals surface area contributed by atoms with Gasteiger partial charge in [0, 0.05) is 13.6 Å². The molecule has 0 aliphatic rings. The van der Waals surface area contributed by atoms with Crippen molar-refractivity contribution in [3.8, 4) is 0 Å². The van der Waals surface area contributed by atoms with Crippen molar-refractivity contribution >= 4 is 6.09 Å². The van der Waals surface area contributed by atoms with Crippen molar-refractivity contribution in [1.29, 1.82) is 0 Å². The Hall–Kier alpha value is -1.03. The first kappa shape index (κ1) is 12.0. The highest BCUT2D eigenvalue weighted by Crippen LogP contribution is 1.95. The lowest BCUT2D eigenvalue weighted by molar-refractivity contribution is 0.0908. The van der Waals surface area contributed by atoms with Gasteiger partial charge in [0.2, 0.25) is 0 Å². The summed E-state index contributed by atoms with van der Waals surface area (Å²) >= 11 is 0. The van der Waals surface area contributed by atoms with Crippen LogP contribution in [0, 0.1) is 0 Å². The molecule has 0 heterocycles. The van der Waals surface area contributed by atoms with E-state index in [1.807, 2.05) is 6.08 Å². The van der Waals surface area contributed by atoms with E-state index in [4.69, 9.17) is 9.84 Å². The number of hydrogen-bond acceptors (Lipinski definition) is 3. The first-order valence-corrected chi connectivity index (χ1v) is 4.32. The van der Waals surface area contributed by atoms with Crippen LogP contribution in [-0.4, -0.2) is 42.9 Å². The molecule has 1 amide bonds. The van der Waals surface area contributed by atoms with Crippen LogP contribution in [-0.2, 0) is 4.74 Å². The van der Waals surface area contributed by atoms with Gasteiger partial charge in [-0.25, -0.2) is 4.79 Å². The van der Waals surface area contributed by atoms with Crippen molar-refractivity contribution in [1.82, 2.24) is 4.90 Å². The summed E-state index contributed by atoms with van der Waals surface area (Å²) in [6.45, 7) is 4.16. The number of carbonyl (C=O) groups is 1. The van der Waals surface area contributed by atoms with Gasteiger partial charge in [-0.05, 0) is 12.8 Å². The van der Waals surface area contributed by atoms with E-state index in [1.54, 1.807) is 7.05 Å². The second-order valence-corrected chi connectivity index (χ2v) is 2.69. The maximum atomic E-state index is 11.1. The molecule has 0 fully saturated rings. The highest BCUT2D eigenvalue weighted by atomic mass is 16.6. The third-order valence-corrected chi connectivity index (χ3v) is 1.53. The van der Waals surface area contributed by atoms with E-state index in [-0.39, 0.29) is 13.2 Å². The number of rotatable bonds is 6. The fourth-order valence-corrected chi connectivity index (χ4v) is 0.807. The normalized spacial score (nSPS) is 9.38. The lowest BCUT2D eigenvalue weighted by Crippen LogP contribution is -2.29. The highest BCUT2D eigenvalue weighted by molar-refractivity contribution is 5.67. The minimum absolute atomic E-state index is 0.0602. The van der Waals surface area contributed by atoms with E-state index in [2.05, 4.69) is 6.58 Å². The van der Waals surface area contributed by atoms with E-state index < -0.39 is 6.09 Å². The number of carbonyl (C=O) groups excluding carboxylic acids is 1. The van der Waals surface area contributed by atoms with Gasteiger partial charge in [0.1, 0.15) is 6.61 Å². The van der Waals surface area contributed by atoms with Crippen LogP contribution in [0.5, 0.6) is 0 Å². The average Bonchev–Trinajstić information content (AvgIpc) is 2.14. The van der Waals surface area contributed by atoms with Gasteiger partial charge >= 0.3 is 6.09 Å². The van der Waals surface area contributed by atoms with Crippen LogP contribution >= 0.6 is 0 Å². The van der Waals surface area contributed by atoms with Crippen LogP contribution in [0.3, 0.4) is 0 Å². The van der Waals surface area contributed by atoms with Crippen molar-refractivity contribution in [3.05, 3.63) is 12.7 Å². The van der Waals surface area contributed by atoms with Gasteiger partial charge in [-0.3, -0.25) is 0 Å². The maximum absolute atomic E-state index is 11.1. The Morgan fingerprint density at radius 3 is 2.92 bits per heavy atom. The molecule has 0 spiro atoms. The summed E-state index contributed by atoms with van der Waals surface area (Å²) in [5, 5.41) is 8.40. The first-order chi connectivity index (χ1) is 6.22. The molecule has 0 saturated carbocycles. The Labute approximate surface area is 78.8 Å². The number of aliphatic hydroxyl groups is 1. The van der Waals surface area contributed by atoms with Crippen molar-refractivity contribution in [2.24, 2.45) is 0 Å². The molecule has 1 N–H and O–H groups in total. The van der Waals surface area contributed by atoms with Crippen LogP contribution in [0.15, 0.2) is 12.7 Å². The molecular weight excluding hydrogens is 170 g/mol. The molecule has 0 aliphatic heterocycles. The van der Waals surface area contributed by atoms with Crippen LogP contribution in [0.4, 0.5) is 4.79 Å². The molecule has 0 aromatic carbocycles. The molecule has 4 heteroatoms. The van der Waals surface area contributed by atoms with Crippen LogP contribution in [0.2, 0.25) is 0 Å².